The van der Waals surface area contributed by atoms with Gasteiger partial charge in [0.25, 0.3) is 0 Å². The van der Waals surface area contributed by atoms with E-state index < -0.39 is 11.9 Å². The van der Waals surface area contributed by atoms with Gasteiger partial charge in [-0.05, 0) is 117 Å². The standard InChI is InChI=1S/C40H49NO4S/c1-24-10-12-28(13-11-24)46-31-21-32-38(7,29-20-30(44-26(3)42)35(45-27(4)43)25(2)34(29)31)17-19-40(9)33-22-36(5,23-41)14-15-37(33,6)16-18-39(32,40)8/h10-13,20-21,31,33H,14-19,22H2,1-9H3/t31?,33-,36-,37-,38+,39-,40+/m1/s1. The van der Waals surface area contributed by atoms with E-state index in [4.69, 9.17) is 9.47 Å². The van der Waals surface area contributed by atoms with E-state index in [0.29, 0.717) is 17.4 Å². The Morgan fingerprint density at radius 1 is 0.891 bits per heavy atom. The summed E-state index contributed by atoms with van der Waals surface area (Å²) < 4.78 is 11.6. The number of carbonyl (C=O) groups excluding carboxylic acids is 2. The Morgan fingerprint density at radius 3 is 2.17 bits per heavy atom. The van der Waals surface area contributed by atoms with Crippen molar-refractivity contribution >= 4 is 23.7 Å². The van der Waals surface area contributed by atoms with E-state index in [9.17, 15) is 14.9 Å². The number of aryl methyl sites for hydroxylation is 1. The zero-order chi connectivity index (χ0) is 33.4. The number of esters is 2. The quantitative estimate of drug-likeness (QED) is 0.188. The molecule has 46 heavy (non-hydrogen) atoms. The Kier molecular flexibility index (Phi) is 7.87. The van der Waals surface area contributed by atoms with Gasteiger partial charge in [0.05, 0.1) is 16.7 Å². The molecule has 4 aliphatic carbocycles. The minimum Gasteiger partial charge on any atom is -0.423 e. The lowest BCUT2D eigenvalue weighted by Gasteiger charge is -2.70. The second-order valence-corrected chi connectivity index (χ2v) is 17.3. The van der Waals surface area contributed by atoms with Crippen LogP contribution in [0, 0.1) is 52.8 Å². The van der Waals surface area contributed by atoms with Gasteiger partial charge in [0.2, 0.25) is 0 Å². The lowest BCUT2D eigenvalue weighted by molar-refractivity contribution is -0.152. The van der Waals surface area contributed by atoms with E-state index in [1.807, 2.05) is 24.8 Å². The number of hydrogen-bond acceptors (Lipinski definition) is 6. The second kappa shape index (κ2) is 11.0. The van der Waals surface area contributed by atoms with Crippen LogP contribution in [0.4, 0.5) is 0 Å². The molecule has 0 heterocycles. The lowest BCUT2D eigenvalue weighted by atomic mass is 9.34. The Morgan fingerprint density at radius 2 is 1.54 bits per heavy atom. The van der Waals surface area contributed by atoms with Crippen LogP contribution in [0.25, 0.3) is 0 Å². The van der Waals surface area contributed by atoms with Crippen LogP contribution in [-0.2, 0) is 15.0 Å². The molecule has 1 unspecified atom stereocenters. The highest BCUT2D eigenvalue weighted by Gasteiger charge is 2.67. The van der Waals surface area contributed by atoms with Crippen molar-refractivity contribution in [3.05, 3.63) is 64.2 Å². The highest BCUT2D eigenvalue weighted by molar-refractivity contribution is 7.99. The lowest BCUT2D eigenvalue weighted by Crippen LogP contribution is -2.62. The molecule has 4 aliphatic rings. The summed E-state index contributed by atoms with van der Waals surface area (Å²) in [5.74, 6) is 0.210. The number of thioether (sulfide) groups is 1. The van der Waals surface area contributed by atoms with Gasteiger partial charge < -0.3 is 9.47 Å². The van der Waals surface area contributed by atoms with Crippen molar-refractivity contribution in [2.75, 3.05) is 0 Å². The highest BCUT2D eigenvalue weighted by Crippen LogP contribution is 2.75. The van der Waals surface area contributed by atoms with Gasteiger partial charge in [-0.3, -0.25) is 9.59 Å². The Balaban J connectivity index is 1.57. The average Bonchev–Trinajstić information content (AvgIpc) is 2.99. The first-order chi connectivity index (χ1) is 21.5. The van der Waals surface area contributed by atoms with E-state index in [1.165, 1.54) is 35.4 Å². The molecule has 2 aromatic carbocycles. The van der Waals surface area contributed by atoms with E-state index in [-0.39, 0.29) is 32.3 Å². The summed E-state index contributed by atoms with van der Waals surface area (Å²) in [6.45, 7) is 19.0. The van der Waals surface area contributed by atoms with Crippen LogP contribution in [0.5, 0.6) is 11.5 Å². The van der Waals surface area contributed by atoms with Gasteiger partial charge >= 0.3 is 11.9 Å². The van der Waals surface area contributed by atoms with Crippen LogP contribution in [0.2, 0.25) is 0 Å². The molecular weight excluding hydrogens is 591 g/mol. The highest BCUT2D eigenvalue weighted by atomic mass is 32.2. The van der Waals surface area contributed by atoms with Crippen LogP contribution < -0.4 is 9.47 Å². The van der Waals surface area contributed by atoms with Crippen LogP contribution in [-0.4, -0.2) is 11.9 Å². The molecule has 2 aromatic rings. The predicted molar refractivity (Wildman–Crippen MR) is 183 cm³/mol. The predicted octanol–water partition coefficient (Wildman–Crippen LogP) is 10.1. The second-order valence-electron chi connectivity index (χ2n) is 16.1. The maximum absolute atomic E-state index is 12.3. The van der Waals surface area contributed by atoms with Gasteiger partial charge in [-0.1, -0.05) is 57.0 Å². The fourth-order valence-electron chi connectivity index (χ4n) is 10.1. The Labute approximate surface area is 279 Å². The van der Waals surface area contributed by atoms with Gasteiger partial charge in [-0.25, -0.2) is 0 Å². The fraction of sp³-hybridized carbons (Fsp3) is 0.575. The third kappa shape index (κ3) is 4.95. The van der Waals surface area contributed by atoms with Gasteiger partial charge in [0.15, 0.2) is 11.5 Å². The van der Waals surface area contributed by atoms with Crippen molar-refractivity contribution in [2.45, 2.75) is 123 Å². The molecule has 0 aromatic heterocycles. The summed E-state index contributed by atoms with van der Waals surface area (Å²) in [4.78, 5) is 25.8. The first kappa shape index (κ1) is 32.9. The smallest absolute Gasteiger partial charge is 0.308 e. The van der Waals surface area contributed by atoms with Crippen LogP contribution in [0.3, 0.4) is 0 Å². The van der Waals surface area contributed by atoms with E-state index in [1.54, 1.807) is 0 Å². The number of allylic oxidation sites excluding steroid dienone is 1. The number of fused-ring (bicyclic) bond motifs is 7. The van der Waals surface area contributed by atoms with Crippen LogP contribution in [0.15, 0.2) is 46.9 Å². The molecule has 5 nitrogen and oxygen atoms in total. The maximum atomic E-state index is 12.3. The molecule has 7 atom stereocenters. The summed E-state index contributed by atoms with van der Waals surface area (Å²) in [5.41, 5.74) is 5.47. The number of nitriles is 1. The summed E-state index contributed by atoms with van der Waals surface area (Å²) in [6, 6.07) is 13.4. The third-order valence-electron chi connectivity index (χ3n) is 13.1. The zero-order valence-corrected chi connectivity index (χ0v) is 29.9. The average molecular weight is 640 g/mol. The molecule has 3 saturated carbocycles. The van der Waals surface area contributed by atoms with Gasteiger partial charge in [-0.15, -0.1) is 11.8 Å². The van der Waals surface area contributed by atoms with Crippen molar-refractivity contribution in [3.8, 4) is 17.6 Å². The molecular formula is C40H49NO4S. The molecule has 0 aliphatic heterocycles. The Hall–Kier alpha value is -3.04. The molecule has 6 heteroatoms. The molecule has 0 bridgehead atoms. The van der Waals surface area contributed by atoms with Crippen molar-refractivity contribution < 1.29 is 19.1 Å². The third-order valence-corrected chi connectivity index (χ3v) is 14.3. The van der Waals surface area contributed by atoms with Crippen molar-refractivity contribution in [3.63, 3.8) is 0 Å². The number of rotatable bonds is 4. The monoisotopic (exact) mass is 639 g/mol. The molecule has 0 amide bonds. The zero-order valence-electron chi connectivity index (χ0n) is 29.1. The van der Waals surface area contributed by atoms with E-state index in [0.717, 1.165) is 56.1 Å². The summed E-state index contributed by atoms with van der Waals surface area (Å²) in [5, 5.41) is 10.2. The SMILES string of the molecule is CC(=O)Oc1cc2c(c(C)c1OC(C)=O)C(Sc1ccc(C)cc1)C=C1[C@@]2(C)CC[C@@]2(C)[C@@H]3C[C@](C)(C#N)CC[C@]3(C)CC[C@]12C. The number of nitrogens with zero attached hydrogens (tertiary/aromatic N) is 1. The molecule has 0 N–H and O–H groups in total. The molecule has 0 spiro atoms. The van der Waals surface area contributed by atoms with Gasteiger partial charge in [-0.2, -0.15) is 5.26 Å². The number of ether oxygens (including phenoxy) is 2. The molecule has 244 valence electrons. The van der Waals surface area contributed by atoms with Crippen LogP contribution in [0.1, 0.15) is 121 Å². The minimum absolute atomic E-state index is 0.0234. The van der Waals surface area contributed by atoms with Crippen LogP contribution >= 0.6 is 11.8 Å². The number of hydrogen-bond donors (Lipinski definition) is 0. The first-order valence-electron chi connectivity index (χ1n) is 16.9. The van der Waals surface area contributed by atoms with Gasteiger partial charge in [0, 0.05) is 29.7 Å². The maximum Gasteiger partial charge on any atom is 0.308 e. The normalized spacial score (nSPS) is 36.1. The Bertz CT molecular complexity index is 1690. The molecule has 0 radical (unpaired) electrons. The van der Waals surface area contributed by atoms with E-state index >= 15 is 0 Å². The minimum atomic E-state index is -0.444. The van der Waals surface area contributed by atoms with Gasteiger partial charge in [0.1, 0.15) is 0 Å². The molecule has 6 rings (SSSR count). The van der Waals surface area contributed by atoms with Crippen molar-refractivity contribution in [1.29, 1.82) is 5.26 Å². The van der Waals surface area contributed by atoms with E-state index in [2.05, 4.69) is 78.0 Å². The molecule has 3 fully saturated rings. The van der Waals surface area contributed by atoms with Crippen molar-refractivity contribution in [1.82, 2.24) is 0 Å². The summed E-state index contributed by atoms with van der Waals surface area (Å²) >= 11 is 1.83. The largest absolute Gasteiger partial charge is 0.423 e. The topological polar surface area (TPSA) is 76.4 Å². The first-order valence-corrected chi connectivity index (χ1v) is 17.8. The summed E-state index contributed by atoms with van der Waals surface area (Å²) in [6.07, 6.45) is 9.89. The number of benzene rings is 2. The summed E-state index contributed by atoms with van der Waals surface area (Å²) in [7, 11) is 0. The fourth-order valence-corrected chi connectivity index (χ4v) is 11.3. The number of carbonyl (C=O) groups is 2. The van der Waals surface area contributed by atoms with Crippen molar-refractivity contribution in [2.24, 2.45) is 27.6 Å². The molecule has 0 saturated heterocycles.